The number of amides is 3. The van der Waals surface area contributed by atoms with E-state index in [0.29, 0.717) is 26.1 Å². The lowest BCUT2D eigenvalue weighted by Gasteiger charge is -2.33. The van der Waals surface area contributed by atoms with Gasteiger partial charge in [0.05, 0.1) is 6.33 Å². The summed E-state index contributed by atoms with van der Waals surface area (Å²) in [5, 5.41) is 2.04. The Balaban J connectivity index is 1.50. The van der Waals surface area contributed by atoms with Gasteiger partial charge < -0.3 is 9.47 Å². The van der Waals surface area contributed by atoms with Crippen LogP contribution in [0.4, 0.5) is 4.79 Å². The number of nitrogens with zero attached hydrogens (tertiary/aromatic N) is 4. The number of hydrogen-bond donors (Lipinski definition) is 0. The number of fused-ring (bicyclic) bond motifs is 1. The summed E-state index contributed by atoms with van der Waals surface area (Å²) >= 11 is 1.78. The molecule has 1 atom stereocenters. The summed E-state index contributed by atoms with van der Waals surface area (Å²) in [4.78, 5) is 35.1. The van der Waals surface area contributed by atoms with E-state index >= 15 is 0 Å². The van der Waals surface area contributed by atoms with Crippen molar-refractivity contribution in [1.29, 1.82) is 0 Å². The Hall–Kier alpha value is -3.58. The molecule has 1 saturated heterocycles. The van der Waals surface area contributed by atoms with Crippen LogP contribution < -0.4 is 0 Å². The quantitative estimate of drug-likeness (QED) is 0.279. The molecule has 1 fully saturated rings. The van der Waals surface area contributed by atoms with Crippen molar-refractivity contribution in [3.05, 3.63) is 102 Å². The summed E-state index contributed by atoms with van der Waals surface area (Å²) in [6.45, 7) is 3.31. The van der Waals surface area contributed by atoms with Crippen molar-refractivity contribution >= 4 is 34.5 Å². The van der Waals surface area contributed by atoms with Gasteiger partial charge in [-0.1, -0.05) is 66.7 Å². The van der Waals surface area contributed by atoms with E-state index in [0.717, 1.165) is 27.7 Å². The van der Waals surface area contributed by atoms with Crippen LogP contribution in [-0.4, -0.2) is 44.1 Å². The molecular formula is C29H30N4O2S. The molecule has 7 heteroatoms. The highest BCUT2D eigenvalue weighted by Crippen LogP contribution is 2.41. The molecule has 1 aliphatic rings. The van der Waals surface area contributed by atoms with Gasteiger partial charge in [0, 0.05) is 37.8 Å². The molecule has 0 saturated carbocycles. The standard InChI is InChI=1S/C29H30N4O2S/c1-29(26-10-5-8-24-7-3-4-9-25(24)26)27(34)32(17-6-16-31-18-15-30-21-31)28(35)33(29)19-22-11-13-23(14-12-22)20-36-2/h3-5,7-15,18,21H,6,16-17,19-20H2,1-2H3. The van der Waals surface area contributed by atoms with Crippen molar-refractivity contribution in [2.45, 2.75) is 37.7 Å². The second kappa shape index (κ2) is 10.2. The number of thioether (sulfide) groups is 1. The number of carbonyl (C=O) groups excluding carboxylic acids is 2. The number of carbonyl (C=O) groups is 2. The third-order valence-corrected chi connectivity index (χ3v) is 7.63. The third-order valence-electron chi connectivity index (χ3n) is 7.01. The van der Waals surface area contributed by atoms with E-state index in [2.05, 4.69) is 35.5 Å². The minimum Gasteiger partial charge on any atom is -0.337 e. The smallest absolute Gasteiger partial charge is 0.328 e. The topological polar surface area (TPSA) is 58.4 Å². The Morgan fingerprint density at radius 3 is 2.42 bits per heavy atom. The molecule has 3 amide bonds. The molecule has 0 spiro atoms. The van der Waals surface area contributed by atoms with Gasteiger partial charge in [0.2, 0.25) is 0 Å². The fourth-order valence-electron chi connectivity index (χ4n) is 5.06. The van der Waals surface area contributed by atoms with Crippen LogP contribution in [0.1, 0.15) is 30.0 Å². The van der Waals surface area contributed by atoms with E-state index in [1.165, 1.54) is 10.5 Å². The first-order valence-corrected chi connectivity index (χ1v) is 13.6. The number of aryl methyl sites for hydroxylation is 1. The van der Waals surface area contributed by atoms with Crippen LogP contribution in [0.15, 0.2) is 85.5 Å². The molecule has 0 bridgehead atoms. The van der Waals surface area contributed by atoms with Gasteiger partial charge in [-0.3, -0.25) is 9.69 Å². The predicted molar refractivity (Wildman–Crippen MR) is 144 cm³/mol. The monoisotopic (exact) mass is 498 g/mol. The van der Waals surface area contributed by atoms with E-state index in [1.54, 1.807) is 29.2 Å². The van der Waals surface area contributed by atoms with Gasteiger partial charge in [-0.05, 0) is 47.1 Å². The first-order valence-electron chi connectivity index (χ1n) is 12.2. The molecule has 0 radical (unpaired) electrons. The van der Waals surface area contributed by atoms with Gasteiger partial charge in [-0.25, -0.2) is 9.78 Å². The van der Waals surface area contributed by atoms with Gasteiger partial charge in [0.15, 0.2) is 0 Å². The van der Waals surface area contributed by atoms with E-state index in [1.807, 2.05) is 60.2 Å². The maximum absolute atomic E-state index is 14.1. The molecule has 1 aliphatic heterocycles. The third kappa shape index (κ3) is 4.39. The molecule has 3 aromatic carbocycles. The van der Waals surface area contributed by atoms with E-state index in [4.69, 9.17) is 0 Å². The Kier molecular flexibility index (Phi) is 6.83. The molecule has 1 aromatic heterocycles. The summed E-state index contributed by atoms with van der Waals surface area (Å²) in [5.41, 5.74) is 2.00. The lowest BCUT2D eigenvalue weighted by molar-refractivity contribution is -0.133. The molecule has 36 heavy (non-hydrogen) atoms. The van der Waals surface area contributed by atoms with Gasteiger partial charge in [0.1, 0.15) is 5.54 Å². The Labute approximate surface area is 215 Å². The zero-order chi connectivity index (χ0) is 25.1. The minimum atomic E-state index is -1.11. The molecule has 5 rings (SSSR count). The highest BCUT2D eigenvalue weighted by molar-refractivity contribution is 7.97. The number of imidazole rings is 1. The lowest BCUT2D eigenvalue weighted by Crippen LogP contribution is -2.44. The van der Waals surface area contributed by atoms with Crippen molar-refractivity contribution in [2.24, 2.45) is 0 Å². The molecule has 6 nitrogen and oxygen atoms in total. The Morgan fingerprint density at radius 2 is 1.67 bits per heavy atom. The molecule has 1 unspecified atom stereocenters. The van der Waals surface area contributed by atoms with Crippen LogP contribution in [-0.2, 0) is 29.2 Å². The van der Waals surface area contributed by atoms with Gasteiger partial charge in [-0.15, -0.1) is 0 Å². The number of urea groups is 1. The Morgan fingerprint density at radius 1 is 0.917 bits per heavy atom. The van der Waals surface area contributed by atoms with Gasteiger partial charge >= 0.3 is 6.03 Å². The van der Waals surface area contributed by atoms with Crippen LogP contribution in [0.2, 0.25) is 0 Å². The summed E-state index contributed by atoms with van der Waals surface area (Å²) in [6.07, 6.45) is 8.12. The molecule has 2 heterocycles. The second-order valence-corrected chi connectivity index (χ2v) is 10.2. The van der Waals surface area contributed by atoms with Gasteiger partial charge in [0.25, 0.3) is 5.91 Å². The summed E-state index contributed by atoms with van der Waals surface area (Å²) in [6, 6.07) is 22.1. The fourth-order valence-corrected chi connectivity index (χ4v) is 5.58. The van der Waals surface area contributed by atoms with Crippen molar-refractivity contribution < 1.29 is 9.59 Å². The second-order valence-electron chi connectivity index (χ2n) is 9.33. The normalized spacial score (nSPS) is 17.9. The van der Waals surface area contributed by atoms with E-state index in [-0.39, 0.29) is 11.9 Å². The zero-order valence-corrected chi connectivity index (χ0v) is 21.4. The van der Waals surface area contributed by atoms with Crippen molar-refractivity contribution in [3.8, 4) is 0 Å². The fraction of sp³-hybridized carbons (Fsp3) is 0.276. The van der Waals surface area contributed by atoms with Crippen molar-refractivity contribution in [1.82, 2.24) is 19.4 Å². The summed E-state index contributed by atoms with van der Waals surface area (Å²) < 4.78 is 1.96. The van der Waals surface area contributed by atoms with Gasteiger partial charge in [-0.2, -0.15) is 11.8 Å². The van der Waals surface area contributed by atoms with Crippen molar-refractivity contribution in [2.75, 3.05) is 12.8 Å². The molecular weight excluding hydrogens is 468 g/mol. The average Bonchev–Trinajstić information content (AvgIpc) is 3.48. The average molecular weight is 499 g/mol. The number of rotatable bonds is 9. The largest absolute Gasteiger partial charge is 0.337 e. The lowest BCUT2D eigenvalue weighted by atomic mass is 9.86. The minimum absolute atomic E-state index is 0.173. The van der Waals surface area contributed by atoms with Crippen LogP contribution in [0.25, 0.3) is 10.8 Å². The SMILES string of the molecule is CSCc1ccc(CN2C(=O)N(CCCn3ccnc3)C(=O)C2(C)c2cccc3ccccc23)cc1. The predicted octanol–water partition coefficient (Wildman–Crippen LogP) is 5.67. The first kappa shape index (κ1) is 24.1. The Bertz CT molecular complexity index is 1360. The summed E-state index contributed by atoms with van der Waals surface area (Å²) in [5.74, 6) is 0.772. The number of hydrogen-bond acceptors (Lipinski definition) is 4. The first-order chi connectivity index (χ1) is 17.5. The summed E-state index contributed by atoms with van der Waals surface area (Å²) in [7, 11) is 0. The highest BCUT2D eigenvalue weighted by Gasteiger charge is 2.55. The number of benzene rings is 3. The molecule has 4 aromatic rings. The molecule has 184 valence electrons. The maximum atomic E-state index is 14.1. The van der Waals surface area contributed by atoms with Crippen LogP contribution in [0.5, 0.6) is 0 Å². The van der Waals surface area contributed by atoms with Crippen LogP contribution in [0, 0.1) is 0 Å². The number of aromatic nitrogens is 2. The maximum Gasteiger partial charge on any atom is 0.328 e. The van der Waals surface area contributed by atoms with Crippen LogP contribution >= 0.6 is 11.8 Å². The van der Waals surface area contributed by atoms with E-state index < -0.39 is 5.54 Å². The highest BCUT2D eigenvalue weighted by atomic mass is 32.2. The molecule has 0 N–H and O–H groups in total. The van der Waals surface area contributed by atoms with E-state index in [9.17, 15) is 9.59 Å². The van der Waals surface area contributed by atoms with Crippen molar-refractivity contribution in [3.63, 3.8) is 0 Å². The molecule has 0 aliphatic carbocycles. The van der Waals surface area contributed by atoms with Crippen LogP contribution in [0.3, 0.4) is 0 Å². The zero-order valence-electron chi connectivity index (χ0n) is 20.6. The number of imide groups is 1.